The van der Waals surface area contributed by atoms with Crippen LogP contribution in [0.2, 0.25) is 5.02 Å². The molecule has 3 heteroatoms. The van der Waals surface area contributed by atoms with Gasteiger partial charge in [0.1, 0.15) is 5.54 Å². The summed E-state index contributed by atoms with van der Waals surface area (Å²) in [5.74, 6) is -0.365. The van der Waals surface area contributed by atoms with E-state index in [0.717, 1.165) is 18.4 Å². The first-order valence-electron chi connectivity index (χ1n) is 7.53. The number of carbonyl (C=O) groups is 1. The molecule has 1 atom stereocenters. The van der Waals surface area contributed by atoms with Gasteiger partial charge in [-0.15, -0.1) is 0 Å². The second-order valence-electron chi connectivity index (χ2n) is 5.16. The van der Waals surface area contributed by atoms with Crippen molar-refractivity contribution in [2.75, 3.05) is 0 Å². The maximum absolute atomic E-state index is 12.8. The first-order chi connectivity index (χ1) is 9.46. The Morgan fingerprint density at radius 1 is 1.33 bits per heavy atom. The molecule has 0 radical (unpaired) electrons. The molecule has 0 amide bonds. The molecular formula is C15H18ClNO. The van der Waals surface area contributed by atoms with Gasteiger partial charge in [0.15, 0.2) is 5.78 Å². The summed E-state index contributed by atoms with van der Waals surface area (Å²) in [5.41, 5.74) is -0.233. The zero-order valence-corrected chi connectivity index (χ0v) is 11.0. The van der Waals surface area contributed by atoms with Crippen molar-refractivity contribution in [2.45, 2.75) is 50.1 Å². The molecule has 0 heterocycles. The smallest absolute Gasteiger partial charge is 0.157 e. The fourth-order valence-corrected chi connectivity index (χ4v) is 2.97. The lowest BCUT2D eigenvalue weighted by Crippen LogP contribution is -2.52. The van der Waals surface area contributed by atoms with Gasteiger partial charge in [-0.3, -0.25) is 10.1 Å². The molecular weight excluding hydrogens is 246 g/mol. The molecule has 2 nitrogen and oxygen atoms in total. The Morgan fingerprint density at radius 2 is 2.11 bits per heavy atom. The van der Waals surface area contributed by atoms with Crippen LogP contribution in [0.4, 0.5) is 0 Å². The predicted molar refractivity (Wildman–Crippen MR) is 72.8 cm³/mol. The SMILES string of the molecule is [2H]C1([2H])CCC[C@@](NC2CC2)(c2ccccc2Cl)C1=O. The fraction of sp³-hybridized carbons (Fsp3) is 0.533. The van der Waals surface area contributed by atoms with E-state index in [1.54, 1.807) is 6.07 Å². The average molecular weight is 266 g/mol. The summed E-state index contributed by atoms with van der Waals surface area (Å²) in [4.78, 5) is 12.8. The Labute approximate surface area is 116 Å². The predicted octanol–water partition coefficient (Wildman–Crippen LogP) is 3.43. The topological polar surface area (TPSA) is 29.1 Å². The van der Waals surface area contributed by atoms with Crippen molar-refractivity contribution in [3.05, 3.63) is 34.9 Å². The van der Waals surface area contributed by atoms with Gasteiger partial charge in [-0.05, 0) is 37.3 Å². The Hall–Kier alpha value is -0.860. The van der Waals surface area contributed by atoms with Crippen LogP contribution in [0.3, 0.4) is 0 Å². The number of hydrogen-bond acceptors (Lipinski definition) is 2. The number of carbonyl (C=O) groups excluding carboxylic acids is 1. The standard InChI is InChI=1S/C15H18ClNO/c16-13-6-2-1-5-12(13)15(17-11-8-9-11)10-4-3-7-14(15)18/h1-2,5-6,11,17H,3-4,7-10H2/t15-/m1/s1/i7D2. The lowest BCUT2D eigenvalue weighted by Gasteiger charge is -2.38. The van der Waals surface area contributed by atoms with Gasteiger partial charge in [-0.1, -0.05) is 36.2 Å². The van der Waals surface area contributed by atoms with Gasteiger partial charge in [-0.25, -0.2) is 0 Å². The zero-order chi connectivity index (χ0) is 14.4. The molecule has 18 heavy (non-hydrogen) atoms. The molecule has 1 N–H and O–H groups in total. The van der Waals surface area contributed by atoms with E-state index in [0.29, 0.717) is 30.3 Å². The Bertz CT molecular complexity index is 544. The molecule has 1 aromatic rings. The minimum Gasteiger partial charge on any atom is -0.298 e. The lowest BCUT2D eigenvalue weighted by atomic mass is 9.75. The van der Waals surface area contributed by atoms with Crippen LogP contribution in [-0.2, 0) is 10.3 Å². The maximum atomic E-state index is 12.8. The summed E-state index contributed by atoms with van der Waals surface area (Å²) in [7, 11) is 0. The van der Waals surface area contributed by atoms with Gasteiger partial charge < -0.3 is 0 Å². The second kappa shape index (κ2) is 4.67. The Balaban J connectivity index is 2.08. The van der Waals surface area contributed by atoms with E-state index in [1.807, 2.05) is 18.2 Å². The van der Waals surface area contributed by atoms with Crippen LogP contribution in [0.15, 0.2) is 24.3 Å². The number of rotatable bonds is 3. The quantitative estimate of drug-likeness (QED) is 0.907. The molecule has 96 valence electrons. The largest absolute Gasteiger partial charge is 0.298 e. The van der Waals surface area contributed by atoms with Crippen molar-refractivity contribution in [1.29, 1.82) is 0 Å². The number of Topliss-reactive ketones (excluding diaryl/α,β-unsaturated/α-hetero) is 1. The normalized spacial score (nSPS) is 32.8. The van der Waals surface area contributed by atoms with Crippen molar-refractivity contribution in [3.63, 3.8) is 0 Å². The molecule has 0 unspecified atom stereocenters. The van der Waals surface area contributed by atoms with Crippen LogP contribution in [0, 0.1) is 0 Å². The molecule has 2 aliphatic rings. The number of ketones is 1. The number of benzene rings is 1. The molecule has 0 aliphatic heterocycles. The molecule has 0 aromatic heterocycles. The highest BCUT2D eigenvalue weighted by atomic mass is 35.5. The molecule has 0 bridgehead atoms. The third kappa shape index (κ3) is 2.08. The highest BCUT2D eigenvalue weighted by Gasteiger charge is 2.45. The van der Waals surface area contributed by atoms with E-state index in [9.17, 15) is 4.79 Å². The Morgan fingerprint density at radius 3 is 2.83 bits per heavy atom. The lowest BCUT2D eigenvalue weighted by molar-refractivity contribution is -0.128. The van der Waals surface area contributed by atoms with Crippen molar-refractivity contribution in [1.82, 2.24) is 5.32 Å². The number of halogens is 1. The molecule has 2 fully saturated rings. The van der Waals surface area contributed by atoms with Gasteiger partial charge in [0, 0.05) is 20.2 Å². The monoisotopic (exact) mass is 265 g/mol. The third-order valence-corrected chi connectivity index (χ3v) is 4.09. The second-order valence-corrected chi connectivity index (χ2v) is 5.57. The van der Waals surface area contributed by atoms with E-state index in [2.05, 4.69) is 5.32 Å². The van der Waals surface area contributed by atoms with Gasteiger partial charge in [0.25, 0.3) is 0 Å². The van der Waals surface area contributed by atoms with E-state index in [4.69, 9.17) is 14.3 Å². The van der Waals surface area contributed by atoms with Gasteiger partial charge in [-0.2, -0.15) is 0 Å². The summed E-state index contributed by atoms with van der Waals surface area (Å²) in [6.07, 6.45) is 1.91. The molecule has 3 rings (SSSR count). The van der Waals surface area contributed by atoms with E-state index < -0.39 is 11.9 Å². The van der Waals surface area contributed by atoms with Crippen LogP contribution in [0.25, 0.3) is 0 Å². The van der Waals surface area contributed by atoms with Crippen LogP contribution >= 0.6 is 11.6 Å². The van der Waals surface area contributed by atoms with E-state index in [-0.39, 0.29) is 5.78 Å². The van der Waals surface area contributed by atoms with E-state index in [1.165, 1.54) is 0 Å². The minimum absolute atomic E-state index is 0.296. The summed E-state index contributed by atoms with van der Waals surface area (Å²) in [6.45, 7) is 0. The average Bonchev–Trinajstić information content (AvgIpc) is 3.20. The Kier molecular flexibility index (Phi) is 2.59. The van der Waals surface area contributed by atoms with Crippen molar-refractivity contribution in [3.8, 4) is 0 Å². The van der Waals surface area contributed by atoms with Crippen molar-refractivity contribution in [2.24, 2.45) is 0 Å². The molecule has 0 spiro atoms. The molecule has 0 saturated heterocycles. The first kappa shape index (κ1) is 9.99. The number of hydrogen-bond donors (Lipinski definition) is 1. The zero-order valence-electron chi connectivity index (χ0n) is 12.2. The minimum atomic E-state index is -1.78. The fourth-order valence-electron chi connectivity index (χ4n) is 2.68. The third-order valence-electron chi connectivity index (χ3n) is 3.76. The van der Waals surface area contributed by atoms with Crippen LogP contribution in [-0.4, -0.2) is 11.8 Å². The molecule has 2 saturated carbocycles. The highest BCUT2D eigenvalue weighted by Crippen LogP contribution is 2.40. The first-order valence-corrected chi connectivity index (χ1v) is 6.91. The highest BCUT2D eigenvalue weighted by molar-refractivity contribution is 6.31. The summed E-state index contributed by atoms with van der Waals surface area (Å²) in [6, 6.07) is 7.61. The maximum Gasteiger partial charge on any atom is 0.157 e. The van der Waals surface area contributed by atoms with E-state index >= 15 is 0 Å². The van der Waals surface area contributed by atoms with Crippen molar-refractivity contribution < 1.29 is 7.54 Å². The summed E-state index contributed by atoms with van der Waals surface area (Å²) >= 11 is 6.29. The van der Waals surface area contributed by atoms with Crippen LogP contribution in [0.5, 0.6) is 0 Å². The van der Waals surface area contributed by atoms with Gasteiger partial charge >= 0.3 is 0 Å². The summed E-state index contributed by atoms with van der Waals surface area (Å²) < 4.78 is 16.0. The summed E-state index contributed by atoms with van der Waals surface area (Å²) in [5, 5.41) is 3.93. The molecule has 2 aliphatic carbocycles. The molecule has 1 aromatic carbocycles. The van der Waals surface area contributed by atoms with Gasteiger partial charge in [0.05, 0.1) is 0 Å². The van der Waals surface area contributed by atoms with Crippen LogP contribution < -0.4 is 5.32 Å². The van der Waals surface area contributed by atoms with Gasteiger partial charge in [0.2, 0.25) is 0 Å². The number of nitrogens with one attached hydrogen (secondary N) is 1. The van der Waals surface area contributed by atoms with Crippen molar-refractivity contribution >= 4 is 17.4 Å². The van der Waals surface area contributed by atoms with Crippen LogP contribution in [0.1, 0.15) is 46.8 Å².